The molecule has 0 saturated carbocycles. The van der Waals surface area contributed by atoms with Crippen LogP contribution in [0.2, 0.25) is 10.0 Å². The minimum Gasteiger partial charge on any atom is -0.506 e. The van der Waals surface area contributed by atoms with Crippen LogP contribution in [0.5, 0.6) is 11.5 Å². The van der Waals surface area contributed by atoms with Crippen molar-refractivity contribution in [2.24, 2.45) is 5.10 Å². The predicted molar refractivity (Wildman–Crippen MR) is 86.3 cm³/mol. The lowest BCUT2D eigenvalue weighted by atomic mass is 10.2. The summed E-state index contributed by atoms with van der Waals surface area (Å²) in [6.07, 6.45) is -3.69. The SMILES string of the molecule is O=C(N/N=C/c1cc(Cl)cc(Cl)c1O)c1ccc(OC(F)(F)F)cc1. The van der Waals surface area contributed by atoms with Crippen LogP contribution in [0.25, 0.3) is 0 Å². The number of hydrogen-bond donors (Lipinski definition) is 2. The molecule has 0 radical (unpaired) electrons. The van der Waals surface area contributed by atoms with Crippen molar-refractivity contribution < 1.29 is 27.8 Å². The Balaban J connectivity index is 2.03. The Morgan fingerprint density at radius 3 is 2.44 bits per heavy atom. The van der Waals surface area contributed by atoms with Gasteiger partial charge in [0.25, 0.3) is 5.91 Å². The molecule has 2 rings (SSSR count). The van der Waals surface area contributed by atoms with Gasteiger partial charge < -0.3 is 9.84 Å². The van der Waals surface area contributed by atoms with Crippen molar-refractivity contribution in [3.8, 4) is 11.5 Å². The molecule has 0 aliphatic rings. The molecule has 132 valence electrons. The summed E-state index contributed by atoms with van der Waals surface area (Å²) in [5.74, 6) is -1.40. The van der Waals surface area contributed by atoms with E-state index in [1.165, 1.54) is 12.1 Å². The average molecular weight is 393 g/mol. The Morgan fingerprint density at radius 1 is 1.20 bits per heavy atom. The van der Waals surface area contributed by atoms with E-state index >= 15 is 0 Å². The molecule has 2 aromatic carbocycles. The number of amides is 1. The maximum atomic E-state index is 12.1. The van der Waals surface area contributed by atoms with E-state index in [9.17, 15) is 23.1 Å². The van der Waals surface area contributed by atoms with Crippen LogP contribution in [0.3, 0.4) is 0 Å². The van der Waals surface area contributed by atoms with Crippen molar-refractivity contribution >= 4 is 35.3 Å². The molecule has 25 heavy (non-hydrogen) atoms. The fourth-order valence-electron chi connectivity index (χ4n) is 1.72. The quantitative estimate of drug-likeness (QED) is 0.599. The second-order valence-electron chi connectivity index (χ2n) is 4.60. The van der Waals surface area contributed by atoms with Crippen molar-refractivity contribution in [1.82, 2.24) is 5.43 Å². The summed E-state index contributed by atoms with van der Waals surface area (Å²) in [7, 11) is 0. The number of nitrogens with zero attached hydrogens (tertiary/aromatic N) is 1. The molecule has 0 atom stereocenters. The number of carbonyl (C=O) groups is 1. The smallest absolute Gasteiger partial charge is 0.506 e. The molecule has 0 spiro atoms. The molecule has 0 saturated heterocycles. The third-order valence-corrected chi connectivity index (χ3v) is 3.28. The molecular formula is C15H9Cl2F3N2O3. The van der Waals surface area contributed by atoms with E-state index in [0.29, 0.717) is 0 Å². The van der Waals surface area contributed by atoms with Crippen LogP contribution >= 0.6 is 23.2 Å². The van der Waals surface area contributed by atoms with E-state index < -0.39 is 18.0 Å². The van der Waals surface area contributed by atoms with Gasteiger partial charge >= 0.3 is 6.36 Å². The zero-order valence-corrected chi connectivity index (χ0v) is 13.7. The number of carbonyl (C=O) groups excluding carboxylic acids is 1. The Labute approximate surface area is 149 Å². The van der Waals surface area contributed by atoms with Gasteiger partial charge in [0.15, 0.2) is 0 Å². The second kappa shape index (κ2) is 7.62. The molecule has 1 amide bonds. The zero-order chi connectivity index (χ0) is 18.6. The Kier molecular flexibility index (Phi) is 5.76. The molecule has 0 aromatic heterocycles. The number of hydrogen-bond acceptors (Lipinski definition) is 4. The minimum atomic E-state index is -4.81. The van der Waals surface area contributed by atoms with Gasteiger partial charge in [-0.3, -0.25) is 4.79 Å². The van der Waals surface area contributed by atoms with Gasteiger partial charge in [0.1, 0.15) is 11.5 Å². The molecule has 0 bridgehead atoms. The maximum Gasteiger partial charge on any atom is 0.573 e. The van der Waals surface area contributed by atoms with E-state index in [0.717, 1.165) is 30.5 Å². The number of aromatic hydroxyl groups is 1. The van der Waals surface area contributed by atoms with Crippen molar-refractivity contribution in [1.29, 1.82) is 0 Å². The fourth-order valence-corrected chi connectivity index (χ4v) is 2.23. The molecule has 5 nitrogen and oxygen atoms in total. The molecular weight excluding hydrogens is 384 g/mol. The first-order chi connectivity index (χ1) is 11.7. The lowest BCUT2D eigenvalue weighted by Crippen LogP contribution is -2.19. The van der Waals surface area contributed by atoms with Crippen LogP contribution in [0.15, 0.2) is 41.5 Å². The maximum absolute atomic E-state index is 12.1. The summed E-state index contributed by atoms with van der Waals surface area (Å²) in [6.45, 7) is 0. The summed E-state index contributed by atoms with van der Waals surface area (Å²) in [4.78, 5) is 11.8. The highest BCUT2D eigenvalue weighted by molar-refractivity contribution is 6.36. The normalized spacial score (nSPS) is 11.6. The molecule has 0 aliphatic heterocycles. The third-order valence-electron chi connectivity index (χ3n) is 2.78. The summed E-state index contributed by atoms with van der Waals surface area (Å²) < 4.78 is 39.9. The number of benzene rings is 2. The number of ether oxygens (including phenoxy) is 1. The highest BCUT2D eigenvalue weighted by Crippen LogP contribution is 2.30. The summed E-state index contributed by atoms with van der Waals surface area (Å²) in [5.41, 5.74) is 2.38. The van der Waals surface area contributed by atoms with Gasteiger partial charge in [-0.25, -0.2) is 5.43 Å². The first-order valence-corrected chi connectivity index (χ1v) is 7.28. The number of alkyl halides is 3. The number of nitrogens with one attached hydrogen (secondary N) is 1. The molecule has 0 fully saturated rings. The van der Waals surface area contributed by atoms with Crippen LogP contribution in [0.4, 0.5) is 13.2 Å². The molecule has 2 aromatic rings. The third kappa shape index (κ3) is 5.54. The van der Waals surface area contributed by atoms with E-state index in [2.05, 4.69) is 15.3 Å². The van der Waals surface area contributed by atoms with Crippen molar-refractivity contribution in [2.45, 2.75) is 6.36 Å². The van der Waals surface area contributed by atoms with Crippen molar-refractivity contribution in [3.63, 3.8) is 0 Å². The Bertz CT molecular complexity index is 809. The number of phenols is 1. The van der Waals surface area contributed by atoms with Gasteiger partial charge in [-0.2, -0.15) is 5.10 Å². The molecule has 10 heteroatoms. The van der Waals surface area contributed by atoms with Crippen molar-refractivity contribution in [3.05, 3.63) is 57.6 Å². The van der Waals surface area contributed by atoms with Gasteiger partial charge in [-0.05, 0) is 36.4 Å². The summed E-state index contributed by atoms with van der Waals surface area (Å²) in [6, 6.07) is 6.98. The van der Waals surface area contributed by atoms with Crippen LogP contribution in [0, 0.1) is 0 Å². The molecule has 2 N–H and O–H groups in total. The summed E-state index contributed by atoms with van der Waals surface area (Å²) >= 11 is 11.5. The number of phenolic OH excluding ortho intramolecular Hbond substituents is 1. The predicted octanol–water partition coefficient (Wildman–Crippen LogP) is 4.36. The van der Waals surface area contributed by atoms with Crippen LogP contribution in [-0.4, -0.2) is 23.6 Å². The molecule has 0 unspecified atom stereocenters. The van der Waals surface area contributed by atoms with Gasteiger partial charge in [0.2, 0.25) is 0 Å². The lowest BCUT2D eigenvalue weighted by molar-refractivity contribution is -0.274. The van der Waals surface area contributed by atoms with E-state index in [4.69, 9.17) is 23.2 Å². The Hall–Kier alpha value is -2.45. The Morgan fingerprint density at radius 2 is 1.84 bits per heavy atom. The molecule has 0 aliphatic carbocycles. The standard InChI is InChI=1S/C15H9Cl2F3N2O3/c16-10-5-9(13(23)12(17)6-10)7-21-22-14(24)8-1-3-11(4-2-8)25-15(18,19)20/h1-7,23H,(H,22,24)/b21-7+. The highest BCUT2D eigenvalue weighted by atomic mass is 35.5. The van der Waals surface area contributed by atoms with Gasteiger partial charge in [0, 0.05) is 16.1 Å². The fraction of sp³-hybridized carbons (Fsp3) is 0.0667. The minimum absolute atomic E-state index is 0.0144. The van der Waals surface area contributed by atoms with E-state index in [-0.39, 0.29) is 26.9 Å². The van der Waals surface area contributed by atoms with Crippen LogP contribution < -0.4 is 10.2 Å². The van der Waals surface area contributed by atoms with Crippen LogP contribution in [-0.2, 0) is 0 Å². The first kappa shape index (κ1) is 18.9. The summed E-state index contributed by atoms with van der Waals surface area (Å²) in [5, 5.41) is 13.6. The zero-order valence-electron chi connectivity index (χ0n) is 12.1. The first-order valence-electron chi connectivity index (χ1n) is 6.53. The lowest BCUT2D eigenvalue weighted by Gasteiger charge is -2.08. The number of halogens is 5. The number of rotatable bonds is 4. The largest absolute Gasteiger partial charge is 0.573 e. The monoisotopic (exact) mass is 392 g/mol. The van der Waals surface area contributed by atoms with Gasteiger partial charge in [-0.1, -0.05) is 23.2 Å². The van der Waals surface area contributed by atoms with E-state index in [1.807, 2.05) is 0 Å². The topological polar surface area (TPSA) is 70.9 Å². The highest BCUT2D eigenvalue weighted by Gasteiger charge is 2.31. The van der Waals surface area contributed by atoms with Gasteiger partial charge in [0.05, 0.1) is 11.2 Å². The molecule has 0 heterocycles. The number of hydrazone groups is 1. The van der Waals surface area contributed by atoms with Crippen molar-refractivity contribution in [2.75, 3.05) is 0 Å². The average Bonchev–Trinajstić information content (AvgIpc) is 2.51. The van der Waals surface area contributed by atoms with Crippen LogP contribution in [0.1, 0.15) is 15.9 Å². The second-order valence-corrected chi connectivity index (χ2v) is 5.44. The van der Waals surface area contributed by atoms with E-state index in [1.54, 1.807) is 0 Å². The van der Waals surface area contributed by atoms with Gasteiger partial charge in [-0.15, -0.1) is 13.2 Å².